The highest BCUT2D eigenvalue weighted by Crippen LogP contribution is 2.34. The number of alkyl halides is 1. The minimum absolute atomic E-state index is 0.342. The molecule has 0 heterocycles. The zero-order valence-corrected chi connectivity index (χ0v) is 12.6. The summed E-state index contributed by atoms with van der Waals surface area (Å²) in [5.74, 6) is 0. The number of benzene rings is 1. The zero-order chi connectivity index (χ0) is 12.0. The lowest BCUT2D eigenvalue weighted by Gasteiger charge is -2.12. The predicted molar refractivity (Wildman–Crippen MR) is 76.9 cm³/mol. The van der Waals surface area contributed by atoms with Gasteiger partial charge in [-0.05, 0) is 24.1 Å². The van der Waals surface area contributed by atoms with Crippen LogP contribution in [0.4, 0.5) is 0 Å². The second kappa shape index (κ2) is 7.58. The third kappa shape index (κ3) is 4.65. The van der Waals surface area contributed by atoms with E-state index in [2.05, 4.69) is 22.9 Å². The molecule has 0 aliphatic carbocycles. The number of rotatable bonds is 6. The molecular formula is C13H17BrCl2. The summed E-state index contributed by atoms with van der Waals surface area (Å²) >= 11 is 15.7. The van der Waals surface area contributed by atoms with Crippen LogP contribution < -0.4 is 0 Å². The summed E-state index contributed by atoms with van der Waals surface area (Å²) in [6.45, 7) is 2.22. The molecule has 0 radical (unpaired) electrons. The van der Waals surface area contributed by atoms with Crippen molar-refractivity contribution in [3.8, 4) is 0 Å². The van der Waals surface area contributed by atoms with E-state index in [1.165, 1.54) is 25.7 Å². The summed E-state index contributed by atoms with van der Waals surface area (Å²) in [7, 11) is 0. The second-order valence-corrected chi connectivity index (χ2v) is 5.93. The average Bonchev–Trinajstić information content (AvgIpc) is 2.24. The Bertz CT molecular complexity index is 326. The second-order valence-electron chi connectivity index (χ2n) is 3.98. The lowest BCUT2D eigenvalue weighted by atomic mass is 10.1. The monoisotopic (exact) mass is 322 g/mol. The molecular weight excluding hydrogens is 307 g/mol. The quantitative estimate of drug-likeness (QED) is 0.419. The van der Waals surface area contributed by atoms with E-state index in [-0.39, 0.29) is 0 Å². The number of hydrogen-bond acceptors (Lipinski definition) is 0. The van der Waals surface area contributed by atoms with Gasteiger partial charge in [-0.25, -0.2) is 0 Å². The summed E-state index contributed by atoms with van der Waals surface area (Å²) in [5.41, 5.74) is 1.14. The molecule has 1 unspecified atom stereocenters. The first-order valence-electron chi connectivity index (χ1n) is 5.74. The van der Waals surface area contributed by atoms with E-state index in [0.29, 0.717) is 9.85 Å². The van der Waals surface area contributed by atoms with Gasteiger partial charge in [0.1, 0.15) is 0 Å². The van der Waals surface area contributed by atoms with Crippen molar-refractivity contribution in [3.05, 3.63) is 33.8 Å². The van der Waals surface area contributed by atoms with Crippen LogP contribution in [0.15, 0.2) is 18.2 Å². The Balaban J connectivity index is 2.49. The van der Waals surface area contributed by atoms with Crippen LogP contribution in [0.2, 0.25) is 10.0 Å². The predicted octanol–water partition coefficient (Wildman–Crippen LogP) is 6.40. The van der Waals surface area contributed by atoms with E-state index < -0.39 is 0 Å². The van der Waals surface area contributed by atoms with Crippen molar-refractivity contribution < 1.29 is 0 Å². The summed E-state index contributed by atoms with van der Waals surface area (Å²) in [4.78, 5) is 0.342. The molecule has 0 N–H and O–H groups in total. The molecule has 0 amide bonds. The Morgan fingerprint density at radius 3 is 2.56 bits per heavy atom. The van der Waals surface area contributed by atoms with Gasteiger partial charge < -0.3 is 0 Å². The van der Waals surface area contributed by atoms with Crippen LogP contribution in [-0.4, -0.2) is 0 Å². The number of hydrogen-bond donors (Lipinski definition) is 0. The van der Waals surface area contributed by atoms with E-state index in [9.17, 15) is 0 Å². The first-order chi connectivity index (χ1) is 7.65. The molecule has 90 valence electrons. The Morgan fingerprint density at radius 2 is 1.94 bits per heavy atom. The fourth-order valence-corrected chi connectivity index (χ4v) is 3.06. The Hall–Kier alpha value is 0.280. The van der Waals surface area contributed by atoms with Crippen LogP contribution in [0.25, 0.3) is 0 Å². The van der Waals surface area contributed by atoms with Gasteiger partial charge in [0.25, 0.3) is 0 Å². The molecule has 1 rings (SSSR count). The highest BCUT2D eigenvalue weighted by molar-refractivity contribution is 9.09. The molecule has 0 nitrogen and oxygen atoms in total. The van der Waals surface area contributed by atoms with Crippen LogP contribution in [0.5, 0.6) is 0 Å². The van der Waals surface area contributed by atoms with Crippen LogP contribution in [-0.2, 0) is 0 Å². The Labute approximate surface area is 116 Å². The molecule has 0 saturated carbocycles. The first kappa shape index (κ1) is 14.3. The molecule has 3 heteroatoms. The van der Waals surface area contributed by atoms with Gasteiger partial charge in [-0.3, -0.25) is 0 Å². The average molecular weight is 324 g/mol. The largest absolute Gasteiger partial charge is 0.0843 e. The van der Waals surface area contributed by atoms with E-state index in [1.54, 1.807) is 6.07 Å². The smallest absolute Gasteiger partial charge is 0.0464 e. The standard InChI is InChI=1S/C13H17BrCl2/c1-2-3-4-5-6-12(14)11-8-7-10(15)9-13(11)16/h7-9,12H,2-6H2,1H3. The van der Waals surface area contributed by atoms with Crippen molar-refractivity contribution in [3.63, 3.8) is 0 Å². The van der Waals surface area contributed by atoms with Gasteiger partial charge >= 0.3 is 0 Å². The minimum atomic E-state index is 0.342. The van der Waals surface area contributed by atoms with Crippen LogP contribution >= 0.6 is 39.1 Å². The van der Waals surface area contributed by atoms with Gasteiger partial charge in [-0.15, -0.1) is 0 Å². The fourth-order valence-electron chi connectivity index (χ4n) is 1.66. The van der Waals surface area contributed by atoms with Gasteiger partial charge in [0.2, 0.25) is 0 Å². The molecule has 16 heavy (non-hydrogen) atoms. The molecule has 0 saturated heterocycles. The van der Waals surface area contributed by atoms with E-state index in [4.69, 9.17) is 23.2 Å². The molecule has 0 aliphatic rings. The molecule has 0 fully saturated rings. The van der Waals surface area contributed by atoms with Crippen molar-refractivity contribution in [1.82, 2.24) is 0 Å². The van der Waals surface area contributed by atoms with Crippen molar-refractivity contribution in [2.24, 2.45) is 0 Å². The van der Waals surface area contributed by atoms with Gasteiger partial charge in [0.15, 0.2) is 0 Å². The molecule has 0 aliphatic heterocycles. The van der Waals surface area contributed by atoms with Gasteiger partial charge in [0.05, 0.1) is 0 Å². The molecule has 1 aromatic rings. The number of unbranched alkanes of at least 4 members (excludes halogenated alkanes) is 3. The van der Waals surface area contributed by atoms with Gasteiger partial charge in [-0.1, -0.05) is 77.8 Å². The van der Waals surface area contributed by atoms with Crippen LogP contribution in [0.3, 0.4) is 0 Å². The van der Waals surface area contributed by atoms with E-state index >= 15 is 0 Å². The summed E-state index contributed by atoms with van der Waals surface area (Å²) in [6.07, 6.45) is 6.25. The van der Waals surface area contributed by atoms with Crippen LogP contribution in [0.1, 0.15) is 49.4 Å². The molecule has 1 aromatic carbocycles. The lowest BCUT2D eigenvalue weighted by Crippen LogP contribution is -1.91. The molecule has 1 atom stereocenters. The van der Waals surface area contributed by atoms with E-state index in [0.717, 1.165) is 17.0 Å². The van der Waals surface area contributed by atoms with E-state index in [1.807, 2.05) is 12.1 Å². The van der Waals surface area contributed by atoms with Crippen LogP contribution in [0, 0.1) is 0 Å². The topological polar surface area (TPSA) is 0 Å². The minimum Gasteiger partial charge on any atom is -0.0843 e. The normalized spacial score (nSPS) is 12.8. The van der Waals surface area contributed by atoms with Gasteiger partial charge in [-0.2, -0.15) is 0 Å². The fraction of sp³-hybridized carbons (Fsp3) is 0.538. The zero-order valence-electron chi connectivity index (χ0n) is 9.48. The van der Waals surface area contributed by atoms with Crippen molar-refractivity contribution in [1.29, 1.82) is 0 Å². The first-order valence-corrected chi connectivity index (χ1v) is 7.41. The third-order valence-electron chi connectivity index (χ3n) is 2.61. The highest BCUT2D eigenvalue weighted by atomic mass is 79.9. The Kier molecular flexibility index (Phi) is 6.79. The van der Waals surface area contributed by atoms with Crippen molar-refractivity contribution in [2.45, 2.75) is 43.9 Å². The molecule has 0 spiro atoms. The summed E-state index contributed by atoms with van der Waals surface area (Å²) in [6, 6.07) is 5.70. The summed E-state index contributed by atoms with van der Waals surface area (Å²) in [5, 5.41) is 1.45. The SMILES string of the molecule is CCCCCCC(Br)c1ccc(Cl)cc1Cl. The maximum absolute atomic E-state index is 6.15. The number of halogens is 3. The maximum atomic E-state index is 6.15. The lowest BCUT2D eigenvalue weighted by molar-refractivity contribution is 0.630. The summed E-state index contributed by atoms with van der Waals surface area (Å²) < 4.78 is 0. The Morgan fingerprint density at radius 1 is 1.19 bits per heavy atom. The maximum Gasteiger partial charge on any atom is 0.0464 e. The molecule has 0 bridgehead atoms. The molecule has 0 aromatic heterocycles. The highest BCUT2D eigenvalue weighted by Gasteiger charge is 2.11. The van der Waals surface area contributed by atoms with Crippen molar-refractivity contribution >= 4 is 39.1 Å². The van der Waals surface area contributed by atoms with Gasteiger partial charge in [0, 0.05) is 14.9 Å². The van der Waals surface area contributed by atoms with Crippen molar-refractivity contribution in [2.75, 3.05) is 0 Å². The third-order valence-corrected chi connectivity index (χ3v) is 4.12.